The number of hydrogen-bond donors (Lipinski definition) is 0. The molecule has 0 unspecified atom stereocenters. The average molecular weight is 379 g/mol. The van der Waals surface area contributed by atoms with Crippen LogP contribution in [0.3, 0.4) is 0 Å². The second-order valence-corrected chi connectivity index (χ2v) is 6.54. The van der Waals surface area contributed by atoms with Crippen molar-refractivity contribution >= 4 is 27.6 Å². The Morgan fingerprint density at radius 2 is 1.78 bits per heavy atom. The molecular formula is C19H13N3O4S. The summed E-state index contributed by atoms with van der Waals surface area (Å²) in [5.41, 5.74) is -0.143. The van der Waals surface area contributed by atoms with Crippen LogP contribution < -0.4 is 11.2 Å². The fourth-order valence-electron chi connectivity index (χ4n) is 2.70. The van der Waals surface area contributed by atoms with Crippen LogP contribution in [0, 0.1) is 0 Å². The molecule has 0 aliphatic heterocycles. The minimum absolute atomic E-state index is 0.0212. The van der Waals surface area contributed by atoms with E-state index >= 15 is 0 Å². The second-order valence-electron chi connectivity index (χ2n) is 5.64. The van der Waals surface area contributed by atoms with E-state index in [2.05, 4.69) is 4.98 Å². The number of carbonyl (C=O) groups excluding carboxylic acids is 1. The topological polar surface area (TPSA) is 83.2 Å². The van der Waals surface area contributed by atoms with E-state index in [1.807, 2.05) is 30.3 Å². The number of nitrogens with zero attached hydrogens (tertiary/aromatic N) is 3. The summed E-state index contributed by atoms with van der Waals surface area (Å²) in [6, 6.07) is 13.8. The molecule has 0 atom stereocenters. The molecule has 0 aliphatic carbocycles. The molecule has 0 saturated carbocycles. The lowest BCUT2D eigenvalue weighted by Gasteiger charge is -2.11. The van der Waals surface area contributed by atoms with Gasteiger partial charge in [0.05, 0.1) is 11.1 Å². The zero-order chi connectivity index (χ0) is 18.8. The third kappa shape index (κ3) is 3.06. The molecule has 0 fully saturated rings. The van der Waals surface area contributed by atoms with Crippen molar-refractivity contribution in [3.05, 3.63) is 92.7 Å². The smallest absolute Gasteiger partial charge is 0.423 e. The molecule has 0 N–H and O–H groups in total. The zero-order valence-corrected chi connectivity index (χ0v) is 14.8. The number of benzene rings is 1. The summed E-state index contributed by atoms with van der Waals surface area (Å²) < 4.78 is 7.14. The predicted molar refractivity (Wildman–Crippen MR) is 102 cm³/mol. The quantitative estimate of drug-likeness (QED) is 0.547. The van der Waals surface area contributed by atoms with Crippen LogP contribution in [0.25, 0.3) is 15.9 Å². The summed E-state index contributed by atoms with van der Waals surface area (Å²) in [6.07, 6.45) is 2.10. The minimum Gasteiger partial charge on any atom is -0.444 e. The summed E-state index contributed by atoms with van der Waals surface area (Å²) in [4.78, 5) is 42.5. The van der Waals surface area contributed by atoms with Gasteiger partial charge in [-0.15, -0.1) is 11.3 Å². The van der Waals surface area contributed by atoms with E-state index in [-0.39, 0.29) is 16.8 Å². The largest absolute Gasteiger partial charge is 0.444 e. The van der Waals surface area contributed by atoms with E-state index in [4.69, 9.17) is 4.74 Å². The zero-order valence-electron chi connectivity index (χ0n) is 13.9. The molecule has 0 amide bonds. The number of hydrogen-bond acceptors (Lipinski definition) is 6. The Balaban J connectivity index is 1.83. The molecule has 1 aromatic carbocycles. The van der Waals surface area contributed by atoms with Crippen molar-refractivity contribution in [3.8, 4) is 5.69 Å². The van der Waals surface area contributed by atoms with Gasteiger partial charge >= 0.3 is 11.8 Å². The molecule has 0 bridgehead atoms. The fraction of sp³-hybridized carbons (Fsp3) is 0.0526. The normalized spacial score (nSPS) is 10.8. The maximum atomic E-state index is 13.0. The van der Waals surface area contributed by atoms with Gasteiger partial charge in [0.1, 0.15) is 11.4 Å². The first-order valence-corrected chi connectivity index (χ1v) is 8.91. The summed E-state index contributed by atoms with van der Waals surface area (Å²) in [6.45, 7) is 0.0212. The summed E-state index contributed by atoms with van der Waals surface area (Å²) in [5, 5.41) is 1.93. The predicted octanol–water partition coefficient (Wildman–Crippen LogP) is 2.79. The summed E-state index contributed by atoms with van der Waals surface area (Å²) in [7, 11) is 0. The average Bonchev–Trinajstić information content (AvgIpc) is 3.18. The van der Waals surface area contributed by atoms with Crippen molar-refractivity contribution in [2.45, 2.75) is 6.61 Å². The van der Waals surface area contributed by atoms with Gasteiger partial charge in [-0.2, -0.15) is 4.57 Å². The molecule has 4 aromatic rings. The monoisotopic (exact) mass is 379 g/mol. The fourth-order valence-corrected chi connectivity index (χ4v) is 3.57. The van der Waals surface area contributed by atoms with E-state index < -0.39 is 17.3 Å². The van der Waals surface area contributed by atoms with Crippen molar-refractivity contribution < 1.29 is 9.53 Å². The van der Waals surface area contributed by atoms with Gasteiger partial charge in [-0.25, -0.2) is 14.2 Å². The van der Waals surface area contributed by atoms with Gasteiger partial charge < -0.3 is 4.74 Å². The van der Waals surface area contributed by atoms with Crippen molar-refractivity contribution in [1.82, 2.24) is 14.1 Å². The highest BCUT2D eigenvalue weighted by Crippen LogP contribution is 2.17. The van der Waals surface area contributed by atoms with Crippen LogP contribution in [-0.2, 0) is 11.3 Å². The van der Waals surface area contributed by atoms with Gasteiger partial charge in [-0.3, -0.25) is 9.78 Å². The molecule has 8 heteroatoms. The number of fused-ring (bicyclic) bond motifs is 1. The number of aromatic nitrogens is 3. The van der Waals surface area contributed by atoms with Gasteiger partial charge in [0.2, 0.25) is 0 Å². The number of carbonyl (C=O) groups is 1. The molecule has 0 spiro atoms. The molecule has 134 valence electrons. The Hall–Kier alpha value is -3.52. The van der Waals surface area contributed by atoms with Crippen LogP contribution in [-0.4, -0.2) is 20.2 Å². The molecule has 7 nitrogen and oxygen atoms in total. The molecule has 27 heavy (non-hydrogen) atoms. The minimum atomic E-state index is -0.834. The van der Waals surface area contributed by atoms with Gasteiger partial charge in [0.15, 0.2) is 0 Å². The van der Waals surface area contributed by atoms with E-state index in [0.29, 0.717) is 5.69 Å². The highest BCUT2D eigenvalue weighted by molar-refractivity contribution is 7.16. The number of rotatable bonds is 3. The van der Waals surface area contributed by atoms with E-state index in [1.165, 1.54) is 24.5 Å². The van der Waals surface area contributed by atoms with Crippen LogP contribution in [0.1, 0.15) is 5.56 Å². The SMILES string of the molecule is O=C(OCc1ccccc1)n1c(=O)n(-c2ccncc2)c(=O)c2ccsc21. The van der Waals surface area contributed by atoms with Crippen molar-refractivity contribution in [3.63, 3.8) is 0 Å². The maximum Gasteiger partial charge on any atom is 0.423 e. The van der Waals surface area contributed by atoms with E-state index in [9.17, 15) is 14.4 Å². The lowest BCUT2D eigenvalue weighted by atomic mass is 10.2. The second kappa shape index (κ2) is 7.00. The summed E-state index contributed by atoms with van der Waals surface area (Å²) >= 11 is 1.13. The molecule has 0 aliphatic rings. The van der Waals surface area contributed by atoms with Crippen molar-refractivity contribution in [1.29, 1.82) is 0 Å². The molecule has 3 aromatic heterocycles. The Bertz CT molecular complexity index is 1230. The molecule has 0 radical (unpaired) electrons. The van der Waals surface area contributed by atoms with Gasteiger partial charge in [-0.05, 0) is 29.1 Å². The first-order valence-electron chi connectivity index (χ1n) is 8.03. The maximum absolute atomic E-state index is 13.0. The molecule has 3 heterocycles. The van der Waals surface area contributed by atoms with Crippen molar-refractivity contribution in [2.75, 3.05) is 0 Å². The first-order chi connectivity index (χ1) is 13.2. The van der Waals surface area contributed by atoms with E-state index in [0.717, 1.165) is 26.0 Å². The lowest BCUT2D eigenvalue weighted by Crippen LogP contribution is -2.41. The van der Waals surface area contributed by atoms with Crippen LogP contribution in [0.4, 0.5) is 4.79 Å². The number of pyridine rings is 1. The lowest BCUT2D eigenvalue weighted by molar-refractivity contribution is 0.141. The third-order valence-corrected chi connectivity index (χ3v) is 4.87. The van der Waals surface area contributed by atoms with Gasteiger partial charge in [0.25, 0.3) is 5.56 Å². The molecule has 4 rings (SSSR count). The van der Waals surface area contributed by atoms with Gasteiger partial charge in [-0.1, -0.05) is 30.3 Å². The standard InChI is InChI=1S/C19H13N3O4S/c23-16-15-8-11-27-17(15)22(18(24)21(16)14-6-9-20-10-7-14)19(25)26-12-13-4-2-1-3-5-13/h1-11H,12H2. The third-order valence-electron chi connectivity index (χ3n) is 3.97. The Morgan fingerprint density at radius 1 is 1.04 bits per heavy atom. The van der Waals surface area contributed by atoms with Gasteiger partial charge in [0, 0.05) is 12.4 Å². The Labute approximate surface area is 156 Å². The van der Waals surface area contributed by atoms with Crippen molar-refractivity contribution in [2.24, 2.45) is 0 Å². The first kappa shape index (κ1) is 16.9. The Kier molecular flexibility index (Phi) is 4.39. The summed E-state index contributed by atoms with van der Waals surface area (Å²) in [5.74, 6) is 0. The Morgan fingerprint density at radius 3 is 2.52 bits per heavy atom. The number of thiophene rings is 1. The van der Waals surface area contributed by atoms with Crippen LogP contribution in [0.5, 0.6) is 0 Å². The highest BCUT2D eigenvalue weighted by Gasteiger charge is 2.21. The van der Waals surface area contributed by atoms with E-state index in [1.54, 1.807) is 11.4 Å². The van der Waals surface area contributed by atoms with Crippen LogP contribution in [0.2, 0.25) is 0 Å². The highest BCUT2D eigenvalue weighted by atomic mass is 32.1. The number of ether oxygens (including phenoxy) is 1. The van der Waals surface area contributed by atoms with Crippen LogP contribution >= 0.6 is 11.3 Å². The van der Waals surface area contributed by atoms with Crippen LogP contribution in [0.15, 0.2) is 75.9 Å². The molecular weight excluding hydrogens is 366 g/mol. The molecule has 0 saturated heterocycles.